The van der Waals surface area contributed by atoms with Crippen molar-refractivity contribution in [3.05, 3.63) is 48.3 Å². The van der Waals surface area contributed by atoms with Crippen LogP contribution in [0.3, 0.4) is 0 Å². The Morgan fingerprint density at radius 3 is 2.71 bits per heavy atom. The predicted molar refractivity (Wildman–Crippen MR) is 71.2 cm³/mol. The fourth-order valence-corrected chi connectivity index (χ4v) is 2.36. The van der Waals surface area contributed by atoms with Gasteiger partial charge in [-0.1, -0.05) is 0 Å². The third-order valence-electron chi connectivity index (χ3n) is 2.36. The van der Waals surface area contributed by atoms with Crippen molar-refractivity contribution in [2.24, 2.45) is 0 Å². The van der Waals surface area contributed by atoms with Crippen LogP contribution in [0.2, 0.25) is 0 Å². The highest BCUT2D eigenvalue weighted by atomic mass is 32.2. The van der Waals surface area contributed by atoms with Crippen LogP contribution in [0.15, 0.2) is 47.6 Å². The van der Waals surface area contributed by atoms with E-state index in [1.165, 1.54) is 5.56 Å². The van der Waals surface area contributed by atoms with Crippen molar-refractivity contribution in [3.8, 4) is 5.75 Å². The molecule has 2 rings (SSSR count). The molecule has 1 aromatic heterocycles. The van der Waals surface area contributed by atoms with E-state index in [9.17, 15) is 0 Å². The van der Waals surface area contributed by atoms with Gasteiger partial charge in [-0.15, -0.1) is 11.8 Å². The number of nitrogens with zero attached hydrogens (tertiary/aromatic N) is 1. The fraction of sp³-hybridized carbons (Fsp3) is 0.154. The zero-order chi connectivity index (χ0) is 12.1. The second kappa shape index (κ2) is 5.59. The quantitative estimate of drug-likeness (QED) is 0.665. The van der Waals surface area contributed by atoms with Crippen molar-refractivity contribution < 1.29 is 4.74 Å². The average molecular weight is 246 g/mol. The Labute approximate surface area is 105 Å². The summed E-state index contributed by atoms with van der Waals surface area (Å²) in [6.07, 6.45) is 3.59. The van der Waals surface area contributed by atoms with Gasteiger partial charge in [-0.3, -0.25) is 4.98 Å². The van der Waals surface area contributed by atoms with Crippen molar-refractivity contribution >= 4 is 17.4 Å². The van der Waals surface area contributed by atoms with Crippen molar-refractivity contribution in [2.45, 2.75) is 10.6 Å². The molecule has 88 valence electrons. The van der Waals surface area contributed by atoms with Gasteiger partial charge in [-0.2, -0.15) is 0 Å². The van der Waals surface area contributed by atoms with Gasteiger partial charge in [-0.05, 0) is 35.9 Å². The van der Waals surface area contributed by atoms with E-state index in [-0.39, 0.29) is 0 Å². The first-order valence-corrected chi connectivity index (χ1v) is 6.23. The van der Waals surface area contributed by atoms with Gasteiger partial charge in [0.2, 0.25) is 0 Å². The molecule has 0 aliphatic rings. The van der Waals surface area contributed by atoms with Gasteiger partial charge in [0, 0.05) is 28.7 Å². The predicted octanol–water partition coefficient (Wildman–Crippen LogP) is 2.96. The van der Waals surface area contributed by atoms with Crippen LogP contribution in [0.1, 0.15) is 5.56 Å². The third-order valence-corrected chi connectivity index (χ3v) is 3.51. The lowest BCUT2D eigenvalue weighted by Gasteiger charge is -2.07. The molecule has 0 atom stereocenters. The van der Waals surface area contributed by atoms with E-state index in [0.29, 0.717) is 0 Å². The summed E-state index contributed by atoms with van der Waals surface area (Å²) in [5.41, 5.74) is 7.93. The van der Waals surface area contributed by atoms with Gasteiger partial charge in [0.25, 0.3) is 0 Å². The molecule has 0 amide bonds. The van der Waals surface area contributed by atoms with Gasteiger partial charge in [0.1, 0.15) is 5.75 Å². The smallest absolute Gasteiger partial charge is 0.120 e. The SMILES string of the molecule is COc1ccc(N)c(SCc2ccncc2)c1. The first-order valence-electron chi connectivity index (χ1n) is 5.25. The number of methoxy groups -OCH3 is 1. The number of hydrogen-bond donors (Lipinski definition) is 1. The Bertz CT molecular complexity index is 488. The molecule has 0 saturated carbocycles. The molecule has 0 spiro atoms. The molecule has 0 unspecified atom stereocenters. The molecule has 0 bridgehead atoms. The molecule has 0 radical (unpaired) electrons. The average Bonchev–Trinajstić information content (AvgIpc) is 2.39. The maximum Gasteiger partial charge on any atom is 0.120 e. The molecule has 17 heavy (non-hydrogen) atoms. The van der Waals surface area contributed by atoms with Crippen LogP contribution in [0.25, 0.3) is 0 Å². The van der Waals surface area contributed by atoms with E-state index >= 15 is 0 Å². The molecule has 1 heterocycles. The van der Waals surface area contributed by atoms with Gasteiger partial charge in [0.15, 0.2) is 0 Å². The second-order valence-corrected chi connectivity index (χ2v) is 4.57. The summed E-state index contributed by atoms with van der Waals surface area (Å²) in [6, 6.07) is 9.70. The van der Waals surface area contributed by atoms with E-state index in [1.54, 1.807) is 31.3 Å². The molecule has 2 aromatic rings. The minimum atomic E-state index is 0.782. The molecular weight excluding hydrogens is 232 g/mol. The maximum absolute atomic E-state index is 5.92. The zero-order valence-corrected chi connectivity index (χ0v) is 10.4. The molecule has 4 heteroatoms. The number of nitrogens with two attached hydrogens (primary N) is 1. The topological polar surface area (TPSA) is 48.1 Å². The number of ether oxygens (including phenoxy) is 1. The molecule has 3 nitrogen and oxygen atoms in total. The number of rotatable bonds is 4. The molecule has 1 aromatic carbocycles. The van der Waals surface area contributed by atoms with Crippen LogP contribution in [-0.2, 0) is 5.75 Å². The maximum atomic E-state index is 5.92. The molecular formula is C13H14N2OS. The van der Waals surface area contributed by atoms with Gasteiger partial charge >= 0.3 is 0 Å². The summed E-state index contributed by atoms with van der Waals surface area (Å²) in [6.45, 7) is 0. The van der Waals surface area contributed by atoms with E-state index in [0.717, 1.165) is 22.1 Å². The molecule has 2 N–H and O–H groups in total. The Morgan fingerprint density at radius 2 is 2.00 bits per heavy atom. The highest BCUT2D eigenvalue weighted by molar-refractivity contribution is 7.98. The van der Waals surface area contributed by atoms with E-state index in [2.05, 4.69) is 4.98 Å². The largest absolute Gasteiger partial charge is 0.497 e. The summed E-state index contributed by atoms with van der Waals surface area (Å²) in [5, 5.41) is 0. The number of thioether (sulfide) groups is 1. The van der Waals surface area contributed by atoms with Crippen LogP contribution in [-0.4, -0.2) is 12.1 Å². The van der Waals surface area contributed by atoms with Crippen molar-refractivity contribution in [3.63, 3.8) is 0 Å². The summed E-state index contributed by atoms with van der Waals surface area (Å²) < 4.78 is 5.18. The van der Waals surface area contributed by atoms with Gasteiger partial charge in [0.05, 0.1) is 7.11 Å². The second-order valence-electron chi connectivity index (χ2n) is 3.55. The number of pyridine rings is 1. The zero-order valence-electron chi connectivity index (χ0n) is 9.59. The Hall–Kier alpha value is -1.68. The molecule has 0 saturated heterocycles. The van der Waals surface area contributed by atoms with Gasteiger partial charge < -0.3 is 10.5 Å². The van der Waals surface area contributed by atoms with E-state index in [1.807, 2.05) is 30.3 Å². The number of hydrogen-bond acceptors (Lipinski definition) is 4. The first-order chi connectivity index (χ1) is 8.29. The molecule has 0 aliphatic heterocycles. The summed E-state index contributed by atoms with van der Waals surface area (Å²) in [5.74, 6) is 1.70. The van der Waals surface area contributed by atoms with Crippen LogP contribution < -0.4 is 10.5 Å². The lowest BCUT2D eigenvalue weighted by molar-refractivity contribution is 0.414. The lowest BCUT2D eigenvalue weighted by atomic mass is 10.3. The summed E-state index contributed by atoms with van der Waals surface area (Å²) in [7, 11) is 1.66. The van der Waals surface area contributed by atoms with Crippen LogP contribution in [0.5, 0.6) is 5.75 Å². The Kier molecular flexibility index (Phi) is 3.88. The third kappa shape index (κ3) is 3.14. The monoisotopic (exact) mass is 246 g/mol. The molecule has 0 aliphatic carbocycles. The first kappa shape index (κ1) is 11.8. The normalized spacial score (nSPS) is 10.2. The van der Waals surface area contributed by atoms with E-state index in [4.69, 9.17) is 10.5 Å². The number of benzene rings is 1. The number of anilines is 1. The van der Waals surface area contributed by atoms with Gasteiger partial charge in [-0.25, -0.2) is 0 Å². The van der Waals surface area contributed by atoms with Crippen LogP contribution in [0, 0.1) is 0 Å². The Morgan fingerprint density at radius 1 is 1.24 bits per heavy atom. The lowest BCUT2D eigenvalue weighted by Crippen LogP contribution is -1.91. The Balaban J connectivity index is 2.08. The highest BCUT2D eigenvalue weighted by Gasteiger charge is 2.03. The summed E-state index contributed by atoms with van der Waals surface area (Å²) in [4.78, 5) is 5.03. The number of aromatic nitrogens is 1. The standard InChI is InChI=1S/C13H14N2OS/c1-16-11-2-3-12(14)13(8-11)17-9-10-4-6-15-7-5-10/h2-8H,9,14H2,1H3. The van der Waals surface area contributed by atoms with Crippen molar-refractivity contribution in [2.75, 3.05) is 12.8 Å². The van der Waals surface area contributed by atoms with Crippen LogP contribution >= 0.6 is 11.8 Å². The summed E-state index contributed by atoms with van der Waals surface area (Å²) >= 11 is 1.70. The fourth-order valence-electron chi connectivity index (χ4n) is 1.41. The number of nitrogen functional groups attached to an aromatic ring is 1. The van der Waals surface area contributed by atoms with Crippen molar-refractivity contribution in [1.82, 2.24) is 4.98 Å². The minimum Gasteiger partial charge on any atom is -0.497 e. The van der Waals surface area contributed by atoms with Crippen LogP contribution in [0.4, 0.5) is 5.69 Å². The minimum absolute atomic E-state index is 0.782. The highest BCUT2D eigenvalue weighted by Crippen LogP contribution is 2.31. The van der Waals surface area contributed by atoms with Crippen molar-refractivity contribution in [1.29, 1.82) is 0 Å². The molecule has 0 fully saturated rings. The van der Waals surface area contributed by atoms with E-state index < -0.39 is 0 Å².